The molecule has 0 rings (SSSR count). The summed E-state index contributed by atoms with van der Waals surface area (Å²) in [5, 5.41) is 0. The molecule has 0 fully saturated rings. The van der Waals surface area contributed by atoms with E-state index in [0.717, 1.165) is 0 Å². The maximum atomic E-state index is 5.65. The van der Waals surface area contributed by atoms with Gasteiger partial charge < -0.3 is 28.1 Å². The molecule has 0 saturated carbocycles. The molecule has 0 bridgehead atoms. The Balaban J connectivity index is 4.84. The van der Waals surface area contributed by atoms with Gasteiger partial charge in [0.15, 0.2) is 0 Å². The van der Waals surface area contributed by atoms with Gasteiger partial charge in [0, 0.05) is 26.4 Å². The van der Waals surface area contributed by atoms with Crippen LogP contribution in [0.2, 0.25) is 0 Å². The van der Waals surface area contributed by atoms with Crippen LogP contribution in [0.25, 0.3) is 0 Å². The molecule has 0 N–H and O–H groups in total. The van der Waals surface area contributed by atoms with Crippen LogP contribution in [0.1, 0.15) is 27.7 Å². The molecular formula is C12H28O6Si. The van der Waals surface area contributed by atoms with E-state index in [1.807, 2.05) is 27.7 Å². The van der Waals surface area contributed by atoms with Crippen LogP contribution in [0.5, 0.6) is 0 Å². The van der Waals surface area contributed by atoms with Gasteiger partial charge in [-0.05, 0) is 27.7 Å². The molecule has 7 heteroatoms. The molecule has 0 heterocycles. The van der Waals surface area contributed by atoms with E-state index in [-0.39, 0.29) is 0 Å². The van der Waals surface area contributed by atoms with Crippen LogP contribution in [0.15, 0.2) is 0 Å². The Hall–Kier alpha value is -0.0231. The molecule has 0 aromatic carbocycles. The Morgan fingerprint density at radius 1 is 0.789 bits per heavy atom. The number of rotatable bonds is 13. The first-order valence-electron chi connectivity index (χ1n) is 6.84. The lowest BCUT2D eigenvalue weighted by molar-refractivity contribution is -0.453. The number of ether oxygens (including phenoxy) is 5. The molecule has 19 heavy (non-hydrogen) atoms. The van der Waals surface area contributed by atoms with Gasteiger partial charge in [-0.1, -0.05) is 0 Å². The van der Waals surface area contributed by atoms with Gasteiger partial charge in [0.05, 0.1) is 13.2 Å². The normalized spacial score (nSPS) is 13.9. The molecule has 0 saturated heterocycles. The molecule has 0 aliphatic carbocycles. The maximum absolute atomic E-state index is 5.65. The largest absolute Gasteiger partial charge is 0.426 e. The van der Waals surface area contributed by atoms with E-state index in [2.05, 4.69) is 0 Å². The third kappa shape index (κ3) is 6.80. The van der Waals surface area contributed by atoms with Crippen LogP contribution in [-0.2, 0) is 28.1 Å². The monoisotopic (exact) mass is 296 g/mol. The summed E-state index contributed by atoms with van der Waals surface area (Å²) in [4.78, 5) is 0. The van der Waals surface area contributed by atoms with Crippen LogP contribution >= 0.6 is 0 Å². The van der Waals surface area contributed by atoms with E-state index in [0.29, 0.717) is 50.1 Å². The summed E-state index contributed by atoms with van der Waals surface area (Å²) < 4.78 is 33.2. The molecule has 1 unspecified atom stereocenters. The molecule has 0 aliphatic heterocycles. The summed E-state index contributed by atoms with van der Waals surface area (Å²) in [6.07, 6.45) is -0.742. The third-order valence-electron chi connectivity index (χ3n) is 2.20. The molecule has 6 nitrogen and oxygen atoms in total. The van der Waals surface area contributed by atoms with Crippen LogP contribution in [0, 0.1) is 0 Å². The van der Waals surface area contributed by atoms with E-state index in [9.17, 15) is 0 Å². The zero-order chi connectivity index (χ0) is 14.6. The molecule has 1 atom stereocenters. The minimum Gasteiger partial charge on any atom is -0.426 e. The lowest BCUT2D eigenvalue weighted by Gasteiger charge is -2.37. The average molecular weight is 296 g/mol. The maximum Gasteiger partial charge on any atom is 0.337 e. The van der Waals surface area contributed by atoms with Crippen molar-refractivity contribution in [2.24, 2.45) is 0 Å². The predicted octanol–water partition coefficient (Wildman–Crippen LogP) is 0.426. The summed E-state index contributed by atoms with van der Waals surface area (Å²) in [7, 11) is 0.681. The van der Waals surface area contributed by atoms with Gasteiger partial charge in [0.2, 0.25) is 6.29 Å². The van der Waals surface area contributed by atoms with Crippen molar-refractivity contribution in [2.45, 2.75) is 40.0 Å². The Kier molecular flexibility index (Phi) is 11.8. The molecule has 0 aromatic rings. The number of hydrogen-bond acceptors (Lipinski definition) is 6. The van der Waals surface area contributed by atoms with Crippen LogP contribution in [-0.4, -0.2) is 62.4 Å². The van der Waals surface area contributed by atoms with Crippen molar-refractivity contribution in [2.75, 3.05) is 39.6 Å². The Morgan fingerprint density at radius 2 is 1.32 bits per heavy atom. The van der Waals surface area contributed by atoms with E-state index in [4.69, 9.17) is 28.1 Å². The van der Waals surface area contributed by atoms with Gasteiger partial charge in [0.1, 0.15) is 10.5 Å². The fraction of sp³-hybridized carbons (Fsp3) is 1.00. The van der Waals surface area contributed by atoms with Gasteiger partial charge in [-0.25, -0.2) is 0 Å². The van der Waals surface area contributed by atoms with Crippen molar-refractivity contribution in [1.82, 2.24) is 0 Å². The summed E-state index contributed by atoms with van der Waals surface area (Å²) in [5.41, 5.74) is 0. The zero-order valence-corrected chi connectivity index (χ0v) is 14.8. The van der Waals surface area contributed by atoms with E-state index in [1.54, 1.807) is 0 Å². The Bertz CT molecular complexity index is 188. The van der Waals surface area contributed by atoms with Crippen molar-refractivity contribution in [3.63, 3.8) is 0 Å². The predicted molar refractivity (Wildman–Crippen MR) is 74.9 cm³/mol. The topological polar surface area (TPSA) is 55.4 Å². The van der Waals surface area contributed by atoms with E-state index in [1.165, 1.54) is 0 Å². The van der Waals surface area contributed by atoms with Crippen LogP contribution < -0.4 is 0 Å². The Labute approximate surface area is 119 Å². The van der Waals surface area contributed by atoms with Crippen LogP contribution in [0.3, 0.4) is 0 Å². The molecule has 0 aliphatic rings. The van der Waals surface area contributed by atoms with Gasteiger partial charge in [-0.15, -0.1) is 0 Å². The van der Waals surface area contributed by atoms with Gasteiger partial charge in [0.25, 0.3) is 0 Å². The lowest BCUT2D eigenvalue weighted by Crippen LogP contribution is -2.53. The van der Waals surface area contributed by atoms with Crippen molar-refractivity contribution < 1.29 is 28.1 Å². The molecule has 0 aromatic heterocycles. The van der Waals surface area contributed by atoms with E-state index < -0.39 is 12.3 Å². The summed E-state index contributed by atoms with van der Waals surface area (Å²) >= 11 is 0. The first kappa shape index (κ1) is 19.0. The zero-order valence-electron chi connectivity index (χ0n) is 12.8. The fourth-order valence-electron chi connectivity index (χ4n) is 1.57. The Morgan fingerprint density at radius 3 is 1.68 bits per heavy atom. The average Bonchev–Trinajstić information content (AvgIpc) is 2.39. The molecule has 116 valence electrons. The van der Waals surface area contributed by atoms with Crippen molar-refractivity contribution in [3.8, 4) is 0 Å². The second kappa shape index (κ2) is 11.8. The SMILES string of the molecule is CCOC(OCCO[SiH3])C(OCC)(OCC)OCC. The molecule has 0 spiro atoms. The minimum absolute atomic E-state index is 0.406. The number of hydrogen-bond donors (Lipinski definition) is 0. The van der Waals surface area contributed by atoms with E-state index >= 15 is 0 Å². The van der Waals surface area contributed by atoms with Gasteiger partial charge in [-0.2, -0.15) is 0 Å². The lowest BCUT2D eigenvalue weighted by atomic mass is 10.4. The highest BCUT2D eigenvalue weighted by Crippen LogP contribution is 2.24. The van der Waals surface area contributed by atoms with Gasteiger partial charge >= 0.3 is 5.97 Å². The standard InChI is InChI=1S/C12H28O6Si/c1-5-13-11(14-9-10-18-19)12(15-6-2,16-7-3)17-8-4/h11H,5-10H2,1-4,19H3. The van der Waals surface area contributed by atoms with Crippen molar-refractivity contribution in [3.05, 3.63) is 0 Å². The first-order chi connectivity index (χ1) is 9.20. The molecule has 0 amide bonds. The third-order valence-corrected chi connectivity index (χ3v) is 2.61. The van der Waals surface area contributed by atoms with Gasteiger partial charge in [-0.3, -0.25) is 0 Å². The van der Waals surface area contributed by atoms with Crippen molar-refractivity contribution >= 4 is 10.5 Å². The summed E-state index contributed by atoms with van der Waals surface area (Å²) in [5.74, 6) is -1.32. The minimum atomic E-state index is -1.32. The van der Waals surface area contributed by atoms with Crippen LogP contribution in [0.4, 0.5) is 0 Å². The highest BCUT2D eigenvalue weighted by molar-refractivity contribution is 5.97. The quantitative estimate of drug-likeness (QED) is 0.279. The summed E-state index contributed by atoms with van der Waals surface area (Å²) in [6.45, 7) is 10.2. The first-order valence-corrected chi connectivity index (χ1v) is 7.66. The highest BCUT2D eigenvalue weighted by atomic mass is 28.2. The smallest absolute Gasteiger partial charge is 0.337 e. The van der Waals surface area contributed by atoms with Crippen molar-refractivity contribution in [1.29, 1.82) is 0 Å². The highest BCUT2D eigenvalue weighted by Gasteiger charge is 2.44. The second-order valence-corrected chi connectivity index (χ2v) is 4.13. The second-order valence-electron chi connectivity index (χ2n) is 3.55. The molecular weight excluding hydrogens is 268 g/mol. The fourth-order valence-corrected chi connectivity index (χ4v) is 1.74. The molecule has 0 radical (unpaired) electrons. The summed E-state index contributed by atoms with van der Waals surface area (Å²) in [6, 6.07) is 0.